The van der Waals surface area contributed by atoms with E-state index in [-0.39, 0.29) is 12.1 Å². The molecule has 1 fully saturated rings. The van der Waals surface area contributed by atoms with Gasteiger partial charge < -0.3 is 14.2 Å². The smallest absolute Gasteiger partial charge is 0.305 e. The molecule has 1 rings (SSSR count). The normalized spacial score (nSPS) is 21.9. The van der Waals surface area contributed by atoms with Gasteiger partial charge in [0.25, 0.3) is 0 Å². The number of esters is 1. The van der Waals surface area contributed by atoms with Gasteiger partial charge in [-0.3, -0.25) is 4.79 Å². The van der Waals surface area contributed by atoms with Gasteiger partial charge in [0.05, 0.1) is 33.0 Å². The van der Waals surface area contributed by atoms with E-state index in [0.717, 1.165) is 19.3 Å². The summed E-state index contributed by atoms with van der Waals surface area (Å²) in [4.78, 5) is 10.8. The first-order valence-corrected chi connectivity index (χ1v) is 5.09. The van der Waals surface area contributed by atoms with Crippen molar-refractivity contribution in [1.29, 1.82) is 0 Å². The largest absolute Gasteiger partial charge is 0.469 e. The molecular weight excluding hydrogens is 184 g/mol. The number of ether oxygens (including phenoxy) is 3. The highest BCUT2D eigenvalue weighted by Crippen LogP contribution is 2.10. The third-order valence-corrected chi connectivity index (χ3v) is 2.27. The summed E-state index contributed by atoms with van der Waals surface area (Å²) in [5.74, 6) is -0.134. The first kappa shape index (κ1) is 11.5. The maximum Gasteiger partial charge on any atom is 0.305 e. The molecule has 4 heteroatoms. The van der Waals surface area contributed by atoms with Crippen LogP contribution in [0.4, 0.5) is 0 Å². The van der Waals surface area contributed by atoms with Crippen LogP contribution in [0.2, 0.25) is 0 Å². The Labute approximate surface area is 84.5 Å². The molecule has 0 saturated carbocycles. The molecular formula is C10H18O4. The SMILES string of the molecule is COC(=O)CCCC[C@@H]1COCCO1. The third kappa shape index (κ3) is 4.58. The van der Waals surface area contributed by atoms with E-state index < -0.39 is 0 Å². The first-order chi connectivity index (χ1) is 6.83. The average Bonchev–Trinajstić information content (AvgIpc) is 2.25. The van der Waals surface area contributed by atoms with Gasteiger partial charge in [-0.15, -0.1) is 0 Å². The standard InChI is InChI=1S/C10H18O4/c1-12-10(11)5-3-2-4-9-8-13-6-7-14-9/h9H,2-8H2,1H3/t9-/m1/s1. The van der Waals surface area contributed by atoms with Crippen molar-refractivity contribution in [2.24, 2.45) is 0 Å². The molecule has 1 atom stereocenters. The van der Waals surface area contributed by atoms with Crippen molar-refractivity contribution in [2.75, 3.05) is 26.9 Å². The molecule has 4 nitrogen and oxygen atoms in total. The van der Waals surface area contributed by atoms with E-state index in [1.54, 1.807) is 0 Å². The summed E-state index contributed by atoms with van der Waals surface area (Å²) in [6, 6.07) is 0. The van der Waals surface area contributed by atoms with E-state index in [0.29, 0.717) is 26.2 Å². The third-order valence-electron chi connectivity index (χ3n) is 2.27. The molecule has 82 valence electrons. The number of hydrogen-bond donors (Lipinski definition) is 0. The van der Waals surface area contributed by atoms with Crippen LogP contribution in [0.5, 0.6) is 0 Å². The molecule has 0 unspecified atom stereocenters. The molecule has 1 aliphatic rings. The van der Waals surface area contributed by atoms with Gasteiger partial charge in [-0.2, -0.15) is 0 Å². The summed E-state index contributed by atoms with van der Waals surface area (Å²) in [5.41, 5.74) is 0. The molecule has 1 saturated heterocycles. The number of rotatable bonds is 5. The van der Waals surface area contributed by atoms with Crippen molar-refractivity contribution in [2.45, 2.75) is 31.8 Å². The Kier molecular flexibility index (Phi) is 5.56. The lowest BCUT2D eigenvalue weighted by molar-refractivity contribution is -0.140. The highest BCUT2D eigenvalue weighted by molar-refractivity contribution is 5.68. The van der Waals surface area contributed by atoms with Crippen LogP contribution >= 0.6 is 0 Å². The van der Waals surface area contributed by atoms with E-state index in [9.17, 15) is 4.79 Å². The van der Waals surface area contributed by atoms with E-state index in [2.05, 4.69) is 4.74 Å². The minimum Gasteiger partial charge on any atom is -0.469 e. The van der Waals surface area contributed by atoms with Gasteiger partial charge in [0.15, 0.2) is 0 Å². The molecule has 0 aliphatic carbocycles. The minimum absolute atomic E-state index is 0.134. The summed E-state index contributed by atoms with van der Waals surface area (Å²) in [5, 5.41) is 0. The molecule has 14 heavy (non-hydrogen) atoms. The quantitative estimate of drug-likeness (QED) is 0.495. The number of unbranched alkanes of at least 4 members (excludes halogenated alkanes) is 1. The number of hydrogen-bond acceptors (Lipinski definition) is 4. The van der Waals surface area contributed by atoms with Crippen LogP contribution in [0.25, 0.3) is 0 Å². The topological polar surface area (TPSA) is 44.8 Å². The van der Waals surface area contributed by atoms with Crippen LogP contribution in [0.3, 0.4) is 0 Å². The zero-order valence-electron chi connectivity index (χ0n) is 8.66. The maximum atomic E-state index is 10.8. The number of carbonyl (C=O) groups is 1. The molecule has 0 aromatic carbocycles. The summed E-state index contributed by atoms with van der Waals surface area (Å²) in [7, 11) is 1.42. The Hall–Kier alpha value is -0.610. The van der Waals surface area contributed by atoms with Crippen molar-refractivity contribution in [3.8, 4) is 0 Å². The predicted octanol–water partition coefficient (Wildman–Crippen LogP) is 1.14. The van der Waals surface area contributed by atoms with Gasteiger partial charge in [0.2, 0.25) is 0 Å². The Morgan fingerprint density at radius 1 is 1.43 bits per heavy atom. The highest BCUT2D eigenvalue weighted by atomic mass is 16.6. The molecule has 0 aromatic heterocycles. The van der Waals surface area contributed by atoms with Gasteiger partial charge in [0, 0.05) is 6.42 Å². The van der Waals surface area contributed by atoms with Crippen LogP contribution in [0.1, 0.15) is 25.7 Å². The fourth-order valence-electron chi connectivity index (χ4n) is 1.45. The van der Waals surface area contributed by atoms with Crippen LogP contribution < -0.4 is 0 Å². The molecule has 0 N–H and O–H groups in total. The fourth-order valence-corrected chi connectivity index (χ4v) is 1.45. The maximum absolute atomic E-state index is 10.8. The summed E-state index contributed by atoms with van der Waals surface area (Å²) in [6.45, 7) is 2.10. The Morgan fingerprint density at radius 3 is 2.93 bits per heavy atom. The van der Waals surface area contributed by atoms with Gasteiger partial charge in [-0.25, -0.2) is 0 Å². The molecule has 0 amide bonds. The van der Waals surface area contributed by atoms with Crippen molar-refractivity contribution in [3.05, 3.63) is 0 Å². The Balaban J connectivity index is 1.94. The lowest BCUT2D eigenvalue weighted by Gasteiger charge is -2.22. The van der Waals surface area contributed by atoms with E-state index in [1.165, 1.54) is 7.11 Å². The Bertz CT molecular complexity index is 164. The lowest BCUT2D eigenvalue weighted by Crippen LogP contribution is -2.28. The van der Waals surface area contributed by atoms with Gasteiger partial charge >= 0.3 is 5.97 Å². The first-order valence-electron chi connectivity index (χ1n) is 5.09. The van der Waals surface area contributed by atoms with Crippen LogP contribution in [0.15, 0.2) is 0 Å². The number of methoxy groups -OCH3 is 1. The minimum atomic E-state index is -0.134. The zero-order chi connectivity index (χ0) is 10.2. The second kappa shape index (κ2) is 6.79. The van der Waals surface area contributed by atoms with E-state index in [1.807, 2.05) is 0 Å². The second-order valence-corrected chi connectivity index (χ2v) is 3.39. The van der Waals surface area contributed by atoms with Crippen LogP contribution in [-0.2, 0) is 19.0 Å². The van der Waals surface area contributed by atoms with Gasteiger partial charge in [-0.1, -0.05) is 6.42 Å². The van der Waals surface area contributed by atoms with E-state index >= 15 is 0 Å². The van der Waals surface area contributed by atoms with Crippen molar-refractivity contribution in [1.82, 2.24) is 0 Å². The van der Waals surface area contributed by atoms with Crippen LogP contribution in [0, 0.1) is 0 Å². The summed E-state index contributed by atoms with van der Waals surface area (Å²) >= 11 is 0. The zero-order valence-corrected chi connectivity index (χ0v) is 8.66. The highest BCUT2D eigenvalue weighted by Gasteiger charge is 2.13. The molecule has 0 spiro atoms. The lowest BCUT2D eigenvalue weighted by atomic mass is 10.1. The van der Waals surface area contributed by atoms with Crippen molar-refractivity contribution >= 4 is 5.97 Å². The Morgan fingerprint density at radius 2 is 2.29 bits per heavy atom. The predicted molar refractivity (Wildman–Crippen MR) is 51.0 cm³/mol. The van der Waals surface area contributed by atoms with Crippen LogP contribution in [-0.4, -0.2) is 39.0 Å². The molecule has 1 aliphatic heterocycles. The summed E-state index contributed by atoms with van der Waals surface area (Å²) in [6.07, 6.45) is 3.55. The summed E-state index contributed by atoms with van der Waals surface area (Å²) < 4.78 is 15.3. The molecule has 0 radical (unpaired) electrons. The van der Waals surface area contributed by atoms with E-state index in [4.69, 9.17) is 9.47 Å². The van der Waals surface area contributed by atoms with Gasteiger partial charge in [-0.05, 0) is 12.8 Å². The molecule has 1 heterocycles. The molecule has 0 aromatic rings. The number of carbonyl (C=O) groups excluding carboxylic acids is 1. The second-order valence-electron chi connectivity index (χ2n) is 3.39. The van der Waals surface area contributed by atoms with Crippen molar-refractivity contribution in [3.63, 3.8) is 0 Å². The van der Waals surface area contributed by atoms with Gasteiger partial charge in [0.1, 0.15) is 0 Å². The fraction of sp³-hybridized carbons (Fsp3) is 0.900. The monoisotopic (exact) mass is 202 g/mol. The average molecular weight is 202 g/mol. The van der Waals surface area contributed by atoms with Crippen molar-refractivity contribution < 1.29 is 19.0 Å². The molecule has 0 bridgehead atoms.